The number of hydrogen-bond donors (Lipinski definition) is 1. The smallest absolute Gasteiger partial charge is 0.276 e. The average molecular weight is 436 g/mol. The Morgan fingerprint density at radius 1 is 1.06 bits per heavy atom. The lowest BCUT2D eigenvalue weighted by molar-refractivity contribution is -0.116. The van der Waals surface area contributed by atoms with Crippen LogP contribution in [0.15, 0.2) is 58.6 Å². The van der Waals surface area contributed by atoms with E-state index in [-0.39, 0.29) is 12.1 Å². The first-order chi connectivity index (χ1) is 15.2. The third kappa shape index (κ3) is 4.32. The monoisotopic (exact) mass is 435 g/mol. The van der Waals surface area contributed by atoms with Crippen LogP contribution in [-0.4, -0.2) is 34.9 Å². The highest BCUT2D eigenvalue weighted by atomic mass is 32.2. The van der Waals surface area contributed by atoms with E-state index < -0.39 is 0 Å². The van der Waals surface area contributed by atoms with Crippen molar-refractivity contribution in [1.82, 2.24) is 10.3 Å². The van der Waals surface area contributed by atoms with Crippen LogP contribution in [0.25, 0.3) is 5.70 Å². The summed E-state index contributed by atoms with van der Waals surface area (Å²) in [5, 5.41) is 11.9. The molecule has 0 unspecified atom stereocenters. The quantitative estimate of drug-likeness (QED) is 0.679. The molecule has 0 fully saturated rings. The van der Waals surface area contributed by atoms with Crippen molar-refractivity contribution in [3.63, 3.8) is 0 Å². The molecule has 1 atom stereocenters. The summed E-state index contributed by atoms with van der Waals surface area (Å²) in [6.07, 6.45) is 1.82. The molecule has 1 N–H and O–H groups in total. The predicted molar refractivity (Wildman–Crippen MR) is 128 cm³/mol. The number of benzene rings is 2. The van der Waals surface area contributed by atoms with Gasteiger partial charge in [0.15, 0.2) is 11.3 Å². The number of thioether (sulfide) groups is 1. The van der Waals surface area contributed by atoms with E-state index in [1.807, 2.05) is 24.3 Å². The van der Waals surface area contributed by atoms with Crippen molar-refractivity contribution in [2.24, 2.45) is 10.1 Å². The minimum Gasteiger partial charge on any atom is -0.372 e. The molecule has 2 heterocycles. The number of anilines is 1. The van der Waals surface area contributed by atoms with Gasteiger partial charge in [-0.25, -0.2) is 5.01 Å². The van der Waals surface area contributed by atoms with Gasteiger partial charge in [-0.1, -0.05) is 55.4 Å². The maximum Gasteiger partial charge on any atom is 0.276 e. The first kappa shape index (κ1) is 21.4. The number of hydrogen-bond acceptors (Lipinski definition) is 6. The van der Waals surface area contributed by atoms with Gasteiger partial charge in [0.2, 0.25) is 0 Å². The van der Waals surface area contributed by atoms with Crippen LogP contribution in [-0.2, 0) is 4.79 Å². The van der Waals surface area contributed by atoms with E-state index in [4.69, 9.17) is 10.1 Å². The van der Waals surface area contributed by atoms with Crippen molar-refractivity contribution in [2.75, 3.05) is 23.7 Å². The second-order valence-corrected chi connectivity index (χ2v) is 8.62. The summed E-state index contributed by atoms with van der Waals surface area (Å²) < 4.78 is 0. The van der Waals surface area contributed by atoms with Gasteiger partial charge >= 0.3 is 0 Å². The lowest BCUT2D eigenvalue weighted by atomic mass is 10.1. The zero-order valence-electron chi connectivity index (χ0n) is 18.3. The summed E-state index contributed by atoms with van der Waals surface area (Å²) in [4.78, 5) is 20.4. The average Bonchev–Trinajstić information content (AvgIpc) is 2.80. The molecule has 2 aromatic carbocycles. The van der Waals surface area contributed by atoms with Crippen molar-refractivity contribution in [2.45, 2.75) is 39.8 Å². The lowest BCUT2D eigenvalue weighted by Gasteiger charge is -2.34. The van der Waals surface area contributed by atoms with E-state index in [1.165, 1.54) is 5.69 Å². The Labute approximate surface area is 187 Å². The van der Waals surface area contributed by atoms with Gasteiger partial charge in [0, 0.05) is 29.7 Å². The minimum absolute atomic E-state index is 0.124. The molecule has 0 spiro atoms. The fourth-order valence-electron chi connectivity index (χ4n) is 3.87. The number of rotatable bonds is 7. The standard InChI is InChI=1S/C24H29N5OS/c1-4-7-16-31-24-26-23(30)21-19-10-8-9-11-20(19)25-22(29(21)27-24)17-12-14-18(15-13-17)28(5-2)6-3/h8-15,22H,4-7,16H2,1-3H3,(H,26,27,30)/t22-/m0/s1. The third-order valence-corrected chi connectivity index (χ3v) is 6.52. The molecule has 7 heteroatoms. The Morgan fingerprint density at radius 2 is 1.81 bits per heavy atom. The lowest BCUT2D eigenvalue weighted by Crippen LogP contribution is -2.50. The first-order valence-corrected chi connectivity index (χ1v) is 12.0. The van der Waals surface area contributed by atoms with Gasteiger partial charge in [-0.2, -0.15) is 0 Å². The van der Waals surface area contributed by atoms with Crippen LogP contribution in [0.1, 0.15) is 45.3 Å². The van der Waals surface area contributed by atoms with Crippen molar-refractivity contribution in [1.29, 1.82) is 0 Å². The van der Waals surface area contributed by atoms with Crippen LogP contribution in [0.2, 0.25) is 0 Å². The van der Waals surface area contributed by atoms with Gasteiger partial charge in [0.1, 0.15) is 5.70 Å². The van der Waals surface area contributed by atoms with Crippen LogP contribution in [0.4, 0.5) is 5.69 Å². The van der Waals surface area contributed by atoms with E-state index in [0.29, 0.717) is 10.9 Å². The molecule has 0 aliphatic carbocycles. The van der Waals surface area contributed by atoms with E-state index in [9.17, 15) is 4.79 Å². The second kappa shape index (κ2) is 9.56. The Balaban J connectivity index is 1.76. The van der Waals surface area contributed by atoms with E-state index in [1.54, 1.807) is 16.8 Å². The molecular formula is C24H29N5OS. The zero-order valence-corrected chi connectivity index (χ0v) is 19.2. The van der Waals surface area contributed by atoms with Crippen molar-refractivity contribution in [3.05, 3.63) is 64.7 Å². The van der Waals surface area contributed by atoms with Gasteiger partial charge in [-0.3, -0.25) is 15.1 Å². The topological polar surface area (TPSA) is 60.3 Å². The van der Waals surface area contributed by atoms with Crippen LogP contribution >= 0.6 is 11.8 Å². The fourth-order valence-corrected chi connectivity index (χ4v) is 4.81. The molecular weight excluding hydrogens is 406 g/mol. The molecule has 6 nitrogen and oxygen atoms in total. The number of hydrazone groups is 1. The molecule has 31 heavy (non-hydrogen) atoms. The summed E-state index contributed by atoms with van der Waals surface area (Å²) in [5.74, 6) is 0.802. The number of para-hydroxylation sites is 1. The third-order valence-electron chi connectivity index (χ3n) is 5.57. The largest absolute Gasteiger partial charge is 0.372 e. The maximum absolute atomic E-state index is 13.1. The fraction of sp³-hybridized carbons (Fsp3) is 0.375. The summed E-state index contributed by atoms with van der Waals surface area (Å²) in [6, 6.07) is 16.2. The highest BCUT2D eigenvalue weighted by Crippen LogP contribution is 2.31. The van der Waals surface area contributed by atoms with Gasteiger partial charge in [-0.05, 0) is 44.0 Å². The molecule has 2 aromatic rings. The number of nitrogens with one attached hydrogen (secondary N) is 1. The van der Waals surface area contributed by atoms with Gasteiger partial charge < -0.3 is 4.90 Å². The van der Waals surface area contributed by atoms with E-state index in [0.717, 1.165) is 47.8 Å². The number of nitrogens with zero attached hydrogens (tertiary/aromatic N) is 4. The number of unbranched alkanes of at least 4 members (excludes halogenated alkanes) is 1. The molecule has 0 saturated heterocycles. The van der Waals surface area contributed by atoms with Crippen molar-refractivity contribution >= 4 is 34.2 Å². The molecule has 4 rings (SSSR count). The maximum atomic E-state index is 13.1. The molecule has 162 valence electrons. The normalized spacial score (nSPS) is 17.3. The van der Waals surface area contributed by atoms with Gasteiger partial charge in [0.05, 0.1) is 5.36 Å². The van der Waals surface area contributed by atoms with E-state index in [2.05, 4.69) is 55.3 Å². The highest BCUT2D eigenvalue weighted by molar-refractivity contribution is 8.13. The number of carbonyl (C=O) groups is 1. The number of amides is 1. The predicted octanol–water partition coefficient (Wildman–Crippen LogP) is 3.21. The van der Waals surface area contributed by atoms with Crippen LogP contribution < -0.4 is 20.8 Å². The van der Waals surface area contributed by atoms with Crippen LogP contribution in [0.3, 0.4) is 0 Å². The van der Waals surface area contributed by atoms with E-state index >= 15 is 0 Å². The first-order valence-electron chi connectivity index (χ1n) is 11.0. The van der Waals surface area contributed by atoms with Crippen molar-refractivity contribution in [3.8, 4) is 0 Å². The second-order valence-electron chi connectivity index (χ2n) is 7.54. The number of amidine groups is 1. The Bertz CT molecular complexity index is 1090. The van der Waals surface area contributed by atoms with Crippen molar-refractivity contribution < 1.29 is 4.79 Å². The Morgan fingerprint density at radius 3 is 2.52 bits per heavy atom. The molecule has 0 radical (unpaired) electrons. The summed E-state index contributed by atoms with van der Waals surface area (Å²) in [6.45, 7) is 8.40. The highest BCUT2D eigenvalue weighted by Gasteiger charge is 2.34. The number of fused-ring (bicyclic) bond motifs is 2. The molecule has 2 aliphatic heterocycles. The molecule has 1 amide bonds. The molecule has 0 bridgehead atoms. The molecule has 2 aliphatic rings. The zero-order chi connectivity index (χ0) is 21.8. The number of carbonyl (C=O) groups excluding carboxylic acids is 1. The Hall–Kier alpha value is -2.80. The van der Waals surface area contributed by atoms with Gasteiger partial charge in [-0.15, -0.1) is 5.10 Å². The molecule has 0 saturated carbocycles. The summed E-state index contributed by atoms with van der Waals surface area (Å²) in [5.41, 5.74) is 2.76. The van der Waals surface area contributed by atoms with Gasteiger partial charge in [0.25, 0.3) is 5.91 Å². The summed E-state index contributed by atoms with van der Waals surface area (Å²) >= 11 is 1.59. The summed E-state index contributed by atoms with van der Waals surface area (Å²) in [7, 11) is 0. The minimum atomic E-state index is -0.372. The SMILES string of the molecule is CCCCSC1=NN2C(=c3ccccc3=N[C@@H]2c2ccc(N(CC)CC)cc2)C(=O)N1. The molecule has 0 aromatic heterocycles. The Kier molecular flexibility index (Phi) is 6.61. The van der Waals surface area contributed by atoms with Crippen LogP contribution in [0, 0.1) is 0 Å². The van der Waals surface area contributed by atoms with Crippen LogP contribution in [0.5, 0.6) is 0 Å².